The minimum Gasteiger partial charge on any atom is -0.495 e. The van der Waals surface area contributed by atoms with Crippen LogP contribution in [0.1, 0.15) is 58.2 Å². The Labute approximate surface area is 221 Å². The number of anilines is 2. The van der Waals surface area contributed by atoms with Crippen molar-refractivity contribution < 1.29 is 19.1 Å². The van der Waals surface area contributed by atoms with Gasteiger partial charge in [-0.1, -0.05) is 0 Å². The first-order valence-electron chi connectivity index (χ1n) is 13.0. The van der Waals surface area contributed by atoms with Crippen LogP contribution in [0.25, 0.3) is 11.4 Å². The van der Waals surface area contributed by atoms with Gasteiger partial charge in [0.25, 0.3) is 5.91 Å². The van der Waals surface area contributed by atoms with Crippen LogP contribution in [0, 0.1) is 0 Å². The summed E-state index contributed by atoms with van der Waals surface area (Å²) in [4.78, 5) is 34.7. The lowest BCUT2D eigenvalue weighted by molar-refractivity contribution is 0.0517. The Hall–Kier alpha value is -3.99. The molecule has 0 bridgehead atoms. The highest BCUT2D eigenvalue weighted by Crippen LogP contribution is 2.34. The monoisotopic (exact) mass is 519 g/mol. The van der Waals surface area contributed by atoms with Gasteiger partial charge in [-0.3, -0.25) is 9.48 Å². The Bertz CT molecular complexity index is 1350. The van der Waals surface area contributed by atoms with E-state index in [1.165, 1.54) is 0 Å². The first kappa shape index (κ1) is 25.7. The van der Waals surface area contributed by atoms with E-state index in [1.807, 2.05) is 13.2 Å². The first-order chi connectivity index (χ1) is 18.5. The molecule has 0 saturated carbocycles. The molecule has 1 amide bonds. The van der Waals surface area contributed by atoms with Crippen LogP contribution in [0.15, 0.2) is 24.4 Å². The molecule has 1 saturated heterocycles. The minimum absolute atomic E-state index is 0.121. The van der Waals surface area contributed by atoms with E-state index in [2.05, 4.69) is 26.0 Å². The van der Waals surface area contributed by atoms with Crippen LogP contribution < -0.4 is 20.7 Å². The lowest BCUT2D eigenvalue weighted by Gasteiger charge is -2.23. The molecule has 5 rings (SSSR count). The second-order valence-electron chi connectivity index (χ2n) is 9.48. The van der Waals surface area contributed by atoms with Gasteiger partial charge in [0.2, 0.25) is 5.95 Å². The predicted octanol–water partition coefficient (Wildman–Crippen LogP) is 2.78. The van der Waals surface area contributed by atoms with Crippen LogP contribution in [-0.2, 0) is 24.6 Å². The molecular formula is C27H33N7O4. The van der Waals surface area contributed by atoms with E-state index in [0.717, 1.165) is 61.3 Å². The van der Waals surface area contributed by atoms with Gasteiger partial charge >= 0.3 is 5.97 Å². The Morgan fingerprint density at radius 1 is 1.21 bits per heavy atom. The van der Waals surface area contributed by atoms with E-state index < -0.39 is 5.97 Å². The molecule has 3 N–H and O–H groups in total. The van der Waals surface area contributed by atoms with Gasteiger partial charge in [-0.25, -0.2) is 14.8 Å². The molecule has 11 heteroatoms. The van der Waals surface area contributed by atoms with Crippen molar-refractivity contribution in [2.45, 2.75) is 45.1 Å². The second-order valence-corrected chi connectivity index (χ2v) is 9.48. The van der Waals surface area contributed by atoms with Gasteiger partial charge in [0.1, 0.15) is 5.75 Å². The second kappa shape index (κ2) is 11.2. The van der Waals surface area contributed by atoms with Crippen molar-refractivity contribution in [1.29, 1.82) is 0 Å². The van der Waals surface area contributed by atoms with Crippen LogP contribution in [-0.4, -0.2) is 64.5 Å². The van der Waals surface area contributed by atoms with Gasteiger partial charge in [-0.15, -0.1) is 0 Å². The number of benzene rings is 1. The number of nitrogens with zero attached hydrogens (tertiary/aromatic N) is 4. The Morgan fingerprint density at radius 3 is 2.79 bits per heavy atom. The molecule has 2 aliphatic rings. The summed E-state index contributed by atoms with van der Waals surface area (Å²) in [5, 5.41) is 14.1. The average molecular weight is 520 g/mol. The normalized spacial score (nSPS) is 15.1. The number of hydrogen-bond donors (Lipinski definition) is 3. The van der Waals surface area contributed by atoms with Crippen LogP contribution in [0.3, 0.4) is 0 Å². The van der Waals surface area contributed by atoms with E-state index in [9.17, 15) is 9.59 Å². The van der Waals surface area contributed by atoms with Gasteiger partial charge in [-0.2, -0.15) is 5.10 Å². The quantitative estimate of drug-likeness (QED) is 0.403. The van der Waals surface area contributed by atoms with Gasteiger partial charge in [0, 0.05) is 30.4 Å². The zero-order chi connectivity index (χ0) is 26.6. The molecule has 0 atom stereocenters. The fourth-order valence-electron chi connectivity index (χ4n) is 5.07. The molecule has 3 aromatic rings. The van der Waals surface area contributed by atoms with Gasteiger partial charge < -0.3 is 25.4 Å². The third kappa shape index (κ3) is 5.19. The summed E-state index contributed by atoms with van der Waals surface area (Å²) in [6.07, 6.45) is 5.98. The standard InChI is InChI=1S/C27H33N7O4/c1-4-38-26(36)23-19-7-5-6-17-15-29-27(32-22(17)24(19)34(2)33-23)31-20-9-8-16(14-21(20)37-3)25(35)30-18-10-12-28-13-11-18/h8-9,14-15,18,28H,4-7,10-13H2,1-3H3,(H,30,35)(H,29,31,32). The molecule has 0 radical (unpaired) electrons. The van der Waals surface area contributed by atoms with E-state index in [-0.39, 0.29) is 18.6 Å². The molecule has 1 fully saturated rings. The molecule has 1 aliphatic heterocycles. The number of rotatable bonds is 7. The molecule has 2 aromatic heterocycles. The number of esters is 1. The molecule has 1 aromatic carbocycles. The van der Waals surface area contributed by atoms with Gasteiger partial charge in [0.05, 0.1) is 30.8 Å². The third-order valence-electron chi connectivity index (χ3n) is 6.96. The maximum atomic E-state index is 12.8. The number of aryl methyl sites for hydroxylation is 2. The number of nitrogens with one attached hydrogen (secondary N) is 3. The molecule has 11 nitrogen and oxygen atoms in total. The molecule has 3 heterocycles. The summed E-state index contributed by atoms with van der Waals surface area (Å²) in [6, 6.07) is 5.43. The number of methoxy groups -OCH3 is 1. The lowest BCUT2D eigenvalue weighted by atomic mass is 10.1. The highest BCUT2D eigenvalue weighted by molar-refractivity contribution is 5.95. The number of ether oxygens (including phenoxy) is 2. The summed E-state index contributed by atoms with van der Waals surface area (Å²) in [7, 11) is 3.37. The van der Waals surface area contributed by atoms with E-state index in [4.69, 9.17) is 14.5 Å². The SMILES string of the molecule is CCOC(=O)c1nn(C)c2c1CCCc1cnc(Nc3ccc(C(=O)NC4CCNCC4)cc3OC)nc1-2. The van der Waals surface area contributed by atoms with Gasteiger partial charge in [-0.05, 0) is 75.9 Å². The molecule has 0 unspecified atom stereocenters. The largest absolute Gasteiger partial charge is 0.495 e. The molecular weight excluding hydrogens is 486 g/mol. The highest BCUT2D eigenvalue weighted by atomic mass is 16.5. The number of carbonyl (C=O) groups excluding carboxylic acids is 2. The van der Waals surface area contributed by atoms with Crippen LogP contribution >= 0.6 is 0 Å². The van der Waals surface area contributed by atoms with Crippen molar-refractivity contribution in [1.82, 2.24) is 30.4 Å². The zero-order valence-electron chi connectivity index (χ0n) is 22.0. The fraction of sp³-hybridized carbons (Fsp3) is 0.444. The summed E-state index contributed by atoms with van der Waals surface area (Å²) in [6.45, 7) is 3.88. The molecule has 0 spiro atoms. The summed E-state index contributed by atoms with van der Waals surface area (Å²) in [5.41, 5.74) is 4.86. The highest BCUT2D eigenvalue weighted by Gasteiger charge is 2.28. The van der Waals surface area contributed by atoms with Crippen molar-refractivity contribution in [2.24, 2.45) is 7.05 Å². The number of aromatic nitrogens is 4. The minimum atomic E-state index is -0.422. The lowest BCUT2D eigenvalue weighted by Crippen LogP contribution is -2.42. The van der Waals surface area contributed by atoms with Crippen molar-refractivity contribution in [3.63, 3.8) is 0 Å². The third-order valence-corrected chi connectivity index (χ3v) is 6.96. The van der Waals surface area contributed by atoms with Crippen molar-refractivity contribution >= 4 is 23.5 Å². The zero-order valence-corrected chi connectivity index (χ0v) is 22.0. The molecule has 1 aliphatic carbocycles. The van der Waals surface area contributed by atoms with E-state index in [0.29, 0.717) is 35.1 Å². The number of piperidine rings is 1. The van der Waals surface area contributed by atoms with E-state index in [1.54, 1.807) is 36.9 Å². The van der Waals surface area contributed by atoms with Crippen molar-refractivity contribution in [2.75, 3.05) is 32.1 Å². The molecule has 38 heavy (non-hydrogen) atoms. The molecule has 200 valence electrons. The summed E-state index contributed by atoms with van der Waals surface area (Å²) in [5.74, 6) is 0.339. The van der Waals surface area contributed by atoms with Gasteiger partial charge in [0.15, 0.2) is 5.69 Å². The number of fused-ring (bicyclic) bond motifs is 3. The Balaban J connectivity index is 1.41. The van der Waals surface area contributed by atoms with E-state index >= 15 is 0 Å². The number of carbonyl (C=O) groups is 2. The van der Waals surface area contributed by atoms with Crippen molar-refractivity contribution in [3.05, 3.63) is 46.8 Å². The van der Waals surface area contributed by atoms with Crippen molar-refractivity contribution in [3.8, 4) is 17.1 Å². The fourth-order valence-corrected chi connectivity index (χ4v) is 5.07. The maximum absolute atomic E-state index is 12.8. The number of hydrogen-bond acceptors (Lipinski definition) is 9. The Morgan fingerprint density at radius 2 is 2.03 bits per heavy atom. The Kier molecular flexibility index (Phi) is 7.54. The average Bonchev–Trinajstić information content (AvgIpc) is 3.13. The topological polar surface area (TPSA) is 132 Å². The number of amides is 1. The van der Waals surface area contributed by atoms with Crippen LogP contribution in [0.4, 0.5) is 11.6 Å². The maximum Gasteiger partial charge on any atom is 0.359 e. The predicted molar refractivity (Wildman–Crippen MR) is 142 cm³/mol. The van der Waals surface area contributed by atoms with Crippen LogP contribution in [0.5, 0.6) is 5.75 Å². The first-order valence-corrected chi connectivity index (χ1v) is 13.0. The summed E-state index contributed by atoms with van der Waals surface area (Å²) < 4.78 is 12.5. The smallest absolute Gasteiger partial charge is 0.359 e. The van der Waals surface area contributed by atoms with Crippen LogP contribution in [0.2, 0.25) is 0 Å². The summed E-state index contributed by atoms with van der Waals surface area (Å²) >= 11 is 0.